The number of nitrogens with zero attached hydrogens (tertiary/aromatic N) is 4. The molecule has 5 rings (SSSR count). The zero-order valence-corrected chi connectivity index (χ0v) is 18.3. The number of benzene rings is 2. The smallest absolute Gasteiger partial charge is 0.225 e. The molecule has 5 nitrogen and oxygen atoms in total. The largest absolute Gasteiger partial charge is 0.356 e. The van der Waals surface area contributed by atoms with Gasteiger partial charge >= 0.3 is 0 Å². The predicted molar refractivity (Wildman–Crippen MR) is 129 cm³/mol. The number of hydrogen-bond acceptors (Lipinski definition) is 5. The summed E-state index contributed by atoms with van der Waals surface area (Å²) in [6.07, 6.45) is 7.52. The SMILES string of the molecule is c1ccc(CN2CCC[C@@H](Nc3nc(N4CCCCCC4)c4ccccc4n3)C2)cc1. The zero-order valence-electron chi connectivity index (χ0n) is 18.3. The lowest BCUT2D eigenvalue weighted by molar-refractivity contribution is 0.208. The second kappa shape index (κ2) is 9.65. The fraction of sp³-hybridized carbons (Fsp3) is 0.462. The highest BCUT2D eigenvalue weighted by Crippen LogP contribution is 2.28. The maximum atomic E-state index is 5.05. The van der Waals surface area contributed by atoms with E-state index in [0.29, 0.717) is 6.04 Å². The van der Waals surface area contributed by atoms with E-state index in [2.05, 4.69) is 69.7 Å². The van der Waals surface area contributed by atoms with Crippen LogP contribution in [0.5, 0.6) is 0 Å². The molecular formula is C26H33N5. The third-order valence-electron chi connectivity index (χ3n) is 6.58. The molecule has 0 saturated carbocycles. The second-order valence-corrected chi connectivity index (χ2v) is 8.99. The van der Waals surface area contributed by atoms with Crippen LogP contribution in [0.15, 0.2) is 54.6 Å². The number of aromatic nitrogens is 2. The third-order valence-corrected chi connectivity index (χ3v) is 6.58. The average Bonchev–Trinajstić information content (AvgIpc) is 3.09. The Labute approximate surface area is 185 Å². The summed E-state index contributed by atoms with van der Waals surface area (Å²) in [5, 5.41) is 4.86. The first-order valence-electron chi connectivity index (χ1n) is 11.9. The Hall–Kier alpha value is -2.66. The van der Waals surface area contributed by atoms with Crippen LogP contribution >= 0.6 is 0 Å². The molecule has 1 aromatic heterocycles. The molecule has 2 saturated heterocycles. The molecule has 3 aromatic rings. The summed E-state index contributed by atoms with van der Waals surface area (Å²) in [7, 11) is 0. The standard InChI is InChI=1S/C26H33N5/c1-2-9-18-31(17-8-1)25-23-14-6-7-15-24(23)28-26(29-25)27-22-13-10-16-30(20-22)19-21-11-4-3-5-12-21/h3-7,11-12,14-15,22H,1-2,8-10,13,16-20H2,(H,27,28,29)/t22-/m1/s1. The lowest BCUT2D eigenvalue weighted by Gasteiger charge is -2.33. The van der Waals surface area contributed by atoms with E-state index >= 15 is 0 Å². The van der Waals surface area contributed by atoms with Gasteiger partial charge in [0.25, 0.3) is 0 Å². The van der Waals surface area contributed by atoms with Gasteiger partial charge in [0.1, 0.15) is 5.82 Å². The Morgan fingerprint density at radius 2 is 1.58 bits per heavy atom. The van der Waals surface area contributed by atoms with Gasteiger partial charge in [0.05, 0.1) is 5.52 Å². The minimum absolute atomic E-state index is 0.385. The summed E-state index contributed by atoms with van der Waals surface area (Å²) in [6.45, 7) is 5.38. The summed E-state index contributed by atoms with van der Waals surface area (Å²) in [5.41, 5.74) is 2.42. The van der Waals surface area contributed by atoms with Crippen molar-refractivity contribution in [2.24, 2.45) is 0 Å². The molecule has 0 spiro atoms. The quantitative estimate of drug-likeness (QED) is 0.629. The highest BCUT2D eigenvalue weighted by molar-refractivity contribution is 5.90. The molecule has 3 heterocycles. The van der Waals surface area contributed by atoms with Crippen molar-refractivity contribution in [1.82, 2.24) is 14.9 Å². The molecule has 0 aliphatic carbocycles. The Balaban J connectivity index is 1.35. The van der Waals surface area contributed by atoms with E-state index in [-0.39, 0.29) is 0 Å². The average molecular weight is 416 g/mol. The second-order valence-electron chi connectivity index (χ2n) is 8.99. The van der Waals surface area contributed by atoms with Gasteiger partial charge in [-0.3, -0.25) is 4.90 Å². The summed E-state index contributed by atoms with van der Waals surface area (Å²) in [6, 6.07) is 19.6. The van der Waals surface area contributed by atoms with Crippen LogP contribution in [0.4, 0.5) is 11.8 Å². The van der Waals surface area contributed by atoms with Crippen molar-refractivity contribution in [3.63, 3.8) is 0 Å². The number of fused-ring (bicyclic) bond motifs is 1. The molecule has 2 aromatic carbocycles. The van der Waals surface area contributed by atoms with E-state index in [9.17, 15) is 0 Å². The molecule has 0 unspecified atom stereocenters. The number of rotatable bonds is 5. The monoisotopic (exact) mass is 415 g/mol. The first-order valence-corrected chi connectivity index (χ1v) is 11.9. The molecule has 2 aliphatic heterocycles. The minimum atomic E-state index is 0.385. The van der Waals surface area contributed by atoms with Crippen LogP contribution in [0.2, 0.25) is 0 Å². The molecule has 0 bridgehead atoms. The van der Waals surface area contributed by atoms with Gasteiger partial charge in [-0.15, -0.1) is 0 Å². The lowest BCUT2D eigenvalue weighted by atomic mass is 10.0. The normalized spacial score (nSPS) is 20.5. The van der Waals surface area contributed by atoms with Gasteiger partial charge in [-0.25, -0.2) is 4.98 Å². The molecule has 5 heteroatoms. The lowest BCUT2D eigenvalue weighted by Crippen LogP contribution is -2.42. The molecule has 31 heavy (non-hydrogen) atoms. The number of anilines is 2. The van der Waals surface area contributed by atoms with Gasteiger partial charge in [0, 0.05) is 37.6 Å². The number of likely N-dealkylation sites (tertiary alicyclic amines) is 1. The van der Waals surface area contributed by atoms with Gasteiger partial charge in [-0.05, 0) is 49.9 Å². The first kappa shape index (κ1) is 20.3. The first-order chi connectivity index (χ1) is 15.3. The van der Waals surface area contributed by atoms with Crippen molar-refractivity contribution in [2.75, 3.05) is 36.4 Å². The fourth-order valence-corrected chi connectivity index (χ4v) is 4.99. The van der Waals surface area contributed by atoms with Crippen LogP contribution in [-0.4, -0.2) is 47.1 Å². The van der Waals surface area contributed by atoms with Crippen molar-refractivity contribution in [3.05, 3.63) is 60.2 Å². The maximum absolute atomic E-state index is 5.05. The number of piperidine rings is 1. The zero-order chi connectivity index (χ0) is 20.9. The van der Waals surface area contributed by atoms with Crippen molar-refractivity contribution < 1.29 is 0 Å². The summed E-state index contributed by atoms with van der Waals surface area (Å²) in [4.78, 5) is 15.0. The van der Waals surface area contributed by atoms with Crippen LogP contribution in [0.1, 0.15) is 44.1 Å². The van der Waals surface area contributed by atoms with E-state index < -0.39 is 0 Å². The van der Waals surface area contributed by atoms with Crippen LogP contribution < -0.4 is 10.2 Å². The van der Waals surface area contributed by atoms with Crippen molar-refractivity contribution in [1.29, 1.82) is 0 Å². The van der Waals surface area contributed by atoms with Gasteiger partial charge in [0.2, 0.25) is 5.95 Å². The highest BCUT2D eigenvalue weighted by Gasteiger charge is 2.22. The van der Waals surface area contributed by atoms with Gasteiger partial charge < -0.3 is 10.2 Å². The van der Waals surface area contributed by atoms with Crippen molar-refractivity contribution in [2.45, 2.75) is 51.1 Å². The molecule has 162 valence electrons. The minimum Gasteiger partial charge on any atom is -0.356 e. The molecule has 2 aliphatic rings. The van der Waals surface area contributed by atoms with E-state index in [0.717, 1.165) is 50.0 Å². The Bertz CT molecular complexity index is 982. The van der Waals surface area contributed by atoms with Gasteiger partial charge in [0.15, 0.2) is 0 Å². The molecule has 2 fully saturated rings. The number of para-hydroxylation sites is 1. The topological polar surface area (TPSA) is 44.3 Å². The van der Waals surface area contributed by atoms with E-state index in [4.69, 9.17) is 9.97 Å². The number of nitrogens with one attached hydrogen (secondary N) is 1. The van der Waals surface area contributed by atoms with Crippen molar-refractivity contribution >= 4 is 22.7 Å². The van der Waals surface area contributed by atoms with E-state index in [1.807, 2.05) is 0 Å². The van der Waals surface area contributed by atoms with Crippen molar-refractivity contribution in [3.8, 4) is 0 Å². The summed E-state index contributed by atoms with van der Waals surface area (Å²) < 4.78 is 0. The molecule has 1 atom stereocenters. The summed E-state index contributed by atoms with van der Waals surface area (Å²) in [5.74, 6) is 1.89. The van der Waals surface area contributed by atoms with Crippen LogP contribution in [0.3, 0.4) is 0 Å². The van der Waals surface area contributed by atoms with Gasteiger partial charge in [-0.1, -0.05) is 55.3 Å². The molecule has 1 N–H and O–H groups in total. The Morgan fingerprint density at radius 3 is 2.42 bits per heavy atom. The van der Waals surface area contributed by atoms with Crippen LogP contribution in [0.25, 0.3) is 10.9 Å². The Morgan fingerprint density at radius 1 is 0.806 bits per heavy atom. The van der Waals surface area contributed by atoms with Gasteiger partial charge in [-0.2, -0.15) is 4.98 Å². The van der Waals surface area contributed by atoms with E-state index in [1.54, 1.807) is 0 Å². The molecule has 0 radical (unpaired) electrons. The maximum Gasteiger partial charge on any atom is 0.225 e. The molecule has 0 amide bonds. The van der Waals surface area contributed by atoms with E-state index in [1.165, 1.54) is 49.5 Å². The Kier molecular flexibility index (Phi) is 6.30. The third kappa shape index (κ3) is 4.99. The highest BCUT2D eigenvalue weighted by atomic mass is 15.2. The fourth-order valence-electron chi connectivity index (χ4n) is 4.99. The van der Waals surface area contributed by atoms with Crippen LogP contribution in [0, 0.1) is 0 Å². The van der Waals surface area contributed by atoms with Crippen LogP contribution in [-0.2, 0) is 6.54 Å². The molecular weight excluding hydrogens is 382 g/mol. The summed E-state index contributed by atoms with van der Waals surface area (Å²) >= 11 is 0. The predicted octanol–water partition coefficient (Wildman–Crippen LogP) is 5.09. The number of hydrogen-bond donors (Lipinski definition) is 1.